The van der Waals surface area contributed by atoms with Gasteiger partial charge in [0.15, 0.2) is 11.6 Å². The fraction of sp³-hybridized carbons (Fsp3) is 0.0588. The van der Waals surface area contributed by atoms with E-state index in [1.807, 2.05) is 41.9 Å². The summed E-state index contributed by atoms with van der Waals surface area (Å²) in [6, 6.07) is 8.42. The molecule has 0 spiro atoms. The maximum absolute atomic E-state index is 14.0. The number of rotatable bonds is 4. The predicted octanol–water partition coefficient (Wildman–Crippen LogP) is 4.04. The Kier molecular flexibility index (Phi) is 4.37. The minimum absolute atomic E-state index is 0.0825. The number of aromatic nitrogens is 5. The number of nitrogens with one attached hydrogen (secondary N) is 1. The minimum Gasteiger partial charge on any atom is -0.436 e. The van der Waals surface area contributed by atoms with E-state index in [1.54, 1.807) is 22.9 Å². The summed E-state index contributed by atoms with van der Waals surface area (Å²) < 4.78 is 21.9. The Bertz CT molecular complexity index is 1100. The number of benzene rings is 1. The number of pyridine rings is 1. The molecule has 0 saturated heterocycles. The SMILES string of the molecule is Cn1ccc(Nc2ncnc3ccc(Oc4ncc(I)cc4F)cc23)n1. The van der Waals surface area contributed by atoms with Crippen LogP contribution in [0.5, 0.6) is 11.6 Å². The summed E-state index contributed by atoms with van der Waals surface area (Å²) in [6.07, 6.45) is 4.83. The molecule has 0 amide bonds. The third kappa shape index (κ3) is 3.43. The van der Waals surface area contributed by atoms with Crippen molar-refractivity contribution in [3.8, 4) is 11.6 Å². The number of ether oxygens (including phenoxy) is 1. The van der Waals surface area contributed by atoms with Crippen molar-refractivity contribution < 1.29 is 9.13 Å². The van der Waals surface area contributed by atoms with Gasteiger partial charge in [-0.15, -0.1) is 0 Å². The van der Waals surface area contributed by atoms with E-state index in [9.17, 15) is 4.39 Å². The maximum atomic E-state index is 14.0. The molecule has 9 heteroatoms. The molecule has 130 valence electrons. The highest BCUT2D eigenvalue weighted by molar-refractivity contribution is 14.1. The van der Waals surface area contributed by atoms with Crippen LogP contribution in [0.4, 0.5) is 16.0 Å². The summed E-state index contributed by atoms with van der Waals surface area (Å²) in [6.45, 7) is 0. The normalized spacial score (nSPS) is 10.9. The van der Waals surface area contributed by atoms with Gasteiger partial charge < -0.3 is 10.1 Å². The van der Waals surface area contributed by atoms with Crippen molar-refractivity contribution in [3.63, 3.8) is 0 Å². The van der Waals surface area contributed by atoms with Crippen molar-refractivity contribution >= 4 is 45.1 Å². The van der Waals surface area contributed by atoms with E-state index >= 15 is 0 Å². The lowest BCUT2D eigenvalue weighted by atomic mass is 10.2. The first-order valence-electron chi connectivity index (χ1n) is 7.59. The van der Waals surface area contributed by atoms with Crippen molar-refractivity contribution in [1.82, 2.24) is 24.7 Å². The third-order valence-corrected chi connectivity index (χ3v) is 4.15. The Morgan fingerprint density at radius 2 is 2.04 bits per heavy atom. The van der Waals surface area contributed by atoms with Crippen LogP contribution >= 0.6 is 22.6 Å². The molecule has 0 saturated carbocycles. The Balaban J connectivity index is 1.70. The van der Waals surface area contributed by atoms with Crippen LogP contribution in [-0.4, -0.2) is 24.7 Å². The zero-order valence-electron chi connectivity index (χ0n) is 13.5. The first-order chi connectivity index (χ1) is 12.6. The van der Waals surface area contributed by atoms with Gasteiger partial charge in [-0.05, 0) is 46.9 Å². The van der Waals surface area contributed by atoms with E-state index in [0.717, 1.165) is 10.9 Å². The van der Waals surface area contributed by atoms with E-state index < -0.39 is 5.82 Å². The Labute approximate surface area is 161 Å². The van der Waals surface area contributed by atoms with Crippen LogP contribution in [0.1, 0.15) is 0 Å². The van der Waals surface area contributed by atoms with E-state index in [2.05, 4.69) is 25.4 Å². The zero-order valence-corrected chi connectivity index (χ0v) is 15.7. The fourth-order valence-electron chi connectivity index (χ4n) is 2.39. The molecule has 4 aromatic rings. The fourth-order valence-corrected chi connectivity index (χ4v) is 2.80. The van der Waals surface area contributed by atoms with Gasteiger partial charge in [0.25, 0.3) is 5.88 Å². The van der Waals surface area contributed by atoms with Crippen LogP contribution in [-0.2, 0) is 7.05 Å². The highest BCUT2D eigenvalue weighted by atomic mass is 127. The summed E-state index contributed by atoms with van der Waals surface area (Å²) in [5, 5.41) is 8.15. The van der Waals surface area contributed by atoms with Crippen molar-refractivity contribution in [2.45, 2.75) is 0 Å². The lowest BCUT2D eigenvalue weighted by molar-refractivity contribution is 0.422. The Morgan fingerprint density at radius 1 is 1.15 bits per heavy atom. The van der Waals surface area contributed by atoms with Crippen LogP contribution in [0.2, 0.25) is 0 Å². The Hall–Kier alpha value is -2.82. The van der Waals surface area contributed by atoms with Crippen LogP contribution in [0, 0.1) is 9.39 Å². The zero-order chi connectivity index (χ0) is 18.1. The number of anilines is 2. The molecule has 0 bridgehead atoms. The largest absolute Gasteiger partial charge is 0.436 e. The lowest BCUT2D eigenvalue weighted by Gasteiger charge is -2.09. The molecule has 0 radical (unpaired) electrons. The summed E-state index contributed by atoms with van der Waals surface area (Å²) >= 11 is 1.99. The highest BCUT2D eigenvalue weighted by Gasteiger charge is 2.11. The summed E-state index contributed by atoms with van der Waals surface area (Å²) in [7, 11) is 1.83. The second kappa shape index (κ2) is 6.83. The van der Waals surface area contributed by atoms with Crippen molar-refractivity contribution in [3.05, 3.63) is 58.4 Å². The molecule has 26 heavy (non-hydrogen) atoms. The van der Waals surface area contributed by atoms with Gasteiger partial charge in [-0.3, -0.25) is 4.68 Å². The van der Waals surface area contributed by atoms with Crippen LogP contribution in [0.25, 0.3) is 10.9 Å². The van der Waals surface area contributed by atoms with Crippen LogP contribution in [0.3, 0.4) is 0 Å². The average Bonchev–Trinajstić information content (AvgIpc) is 3.03. The molecule has 3 heterocycles. The van der Waals surface area contributed by atoms with Crippen LogP contribution < -0.4 is 10.1 Å². The van der Waals surface area contributed by atoms with E-state index in [1.165, 1.54) is 18.6 Å². The predicted molar refractivity (Wildman–Crippen MR) is 103 cm³/mol. The number of halogens is 2. The lowest BCUT2D eigenvalue weighted by Crippen LogP contribution is -1.98. The number of hydrogen-bond acceptors (Lipinski definition) is 6. The first-order valence-corrected chi connectivity index (χ1v) is 8.67. The van der Waals surface area contributed by atoms with Crippen molar-refractivity contribution in [2.24, 2.45) is 7.05 Å². The first kappa shape index (κ1) is 16.6. The second-order valence-electron chi connectivity index (χ2n) is 5.44. The Morgan fingerprint density at radius 3 is 2.81 bits per heavy atom. The second-order valence-corrected chi connectivity index (χ2v) is 6.69. The summed E-state index contributed by atoms with van der Waals surface area (Å²) in [4.78, 5) is 12.5. The maximum Gasteiger partial charge on any atom is 0.255 e. The van der Waals surface area contributed by atoms with Gasteiger partial charge in [0.2, 0.25) is 0 Å². The van der Waals surface area contributed by atoms with Gasteiger partial charge in [-0.25, -0.2) is 19.3 Å². The van der Waals surface area contributed by atoms with E-state index in [0.29, 0.717) is 21.0 Å². The van der Waals surface area contributed by atoms with Crippen molar-refractivity contribution in [1.29, 1.82) is 0 Å². The molecule has 0 atom stereocenters. The molecule has 0 aliphatic carbocycles. The quantitative estimate of drug-likeness (QED) is 0.462. The van der Waals surface area contributed by atoms with Gasteiger partial charge in [0.1, 0.15) is 17.9 Å². The molecular weight excluding hydrogens is 450 g/mol. The van der Waals surface area contributed by atoms with Gasteiger partial charge >= 0.3 is 0 Å². The number of aryl methyl sites for hydroxylation is 1. The third-order valence-electron chi connectivity index (χ3n) is 3.56. The molecule has 1 N–H and O–H groups in total. The molecule has 4 rings (SSSR count). The summed E-state index contributed by atoms with van der Waals surface area (Å²) in [5.41, 5.74) is 0.724. The van der Waals surface area contributed by atoms with E-state index in [4.69, 9.17) is 4.74 Å². The molecule has 0 aliphatic heterocycles. The van der Waals surface area contributed by atoms with Gasteiger partial charge in [0.05, 0.1) is 5.52 Å². The molecule has 0 fully saturated rings. The molecule has 7 nitrogen and oxygen atoms in total. The van der Waals surface area contributed by atoms with Gasteiger partial charge in [-0.1, -0.05) is 0 Å². The average molecular weight is 462 g/mol. The topological polar surface area (TPSA) is 77.8 Å². The standard InChI is InChI=1S/C17H12FIN6O/c1-25-5-4-15(24-25)23-16-12-7-11(2-3-14(12)21-9-22-16)26-17-13(18)6-10(19)8-20-17/h2-9H,1H3,(H,21,22,23,24). The molecule has 0 unspecified atom stereocenters. The number of fused-ring (bicyclic) bond motifs is 1. The van der Waals surface area contributed by atoms with Gasteiger partial charge in [-0.2, -0.15) is 5.10 Å². The van der Waals surface area contributed by atoms with Crippen molar-refractivity contribution in [2.75, 3.05) is 5.32 Å². The highest BCUT2D eigenvalue weighted by Crippen LogP contribution is 2.29. The molecule has 0 aliphatic rings. The van der Waals surface area contributed by atoms with Gasteiger partial charge in [0, 0.05) is 34.5 Å². The minimum atomic E-state index is -0.520. The monoisotopic (exact) mass is 462 g/mol. The molecular formula is C17H12FIN6O. The summed E-state index contributed by atoms with van der Waals surface area (Å²) in [5.74, 6) is 1.07. The number of hydrogen-bond donors (Lipinski definition) is 1. The number of nitrogens with zero attached hydrogens (tertiary/aromatic N) is 5. The van der Waals surface area contributed by atoms with Crippen LogP contribution in [0.15, 0.2) is 49.1 Å². The van der Waals surface area contributed by atoms with E-state index in [-0.39, 0.29) is 5.88 Å². The smallest absolute Gasteiger partial charge is 0.255 e. The molecule has 3 aromatic heterocycles. The molecule has 1 aromatic carbocycles.